The molecule has 1 aromatic rings. The lowest BCUT2D eigenvalue weighted by Gasteiger charge is -2.39. The van der Waals surface area contributed by atoms with Crippen molar-refractivity contribution >= 4 is 23.2 Å². The molecule has 0 aromatic heterocycles. The number of nitrogens with two attached hydrogens (primary N) is 1. The number of nitrogen functional groups attached to an aromatic ring is 1. The number of carbonyl (C=O) groups excluding carboxylic acids is 1. The SMILES string of the molecule is COc1cc(N)c(Cl)cc1C(=O)NC1CCN(CC2CCN(C(C)OC)CC2)CC1. The second-order valence-electron chi connectivity index (χ2n) is 8.44. The quantitative estimate of drug-likeness (QED) is 0.637. The predicted octanol–water partition coefficient (Wildman–Crippen LogP) is 2.83. The van der Waals surface area contributed by atoms with Crippen molar-refractivity contribution in [2.45, 2.75) is 44.9 Å². The highest BCUT2D eigenvalue weighted by atomic mass is 35.5. The van der Waals surface area contributed by atoms with Crippen LogP contribution >= 0.6 is 11.6 Å². The van der Waals surface area contributed by atoms with Gasteiger partial charge < -0.3 is 25.4 Å². The maximum Gasteiger partial charge on any atom is 0.255 e. The first kappa shape index (κ1) is 23.1. The topological polar surface area (TPSA) is 80.1 Å². The Kier molecular flexibility index (Phi) is 8.22. The van der Waals surface area contributed by atoms with Gasteiger partial charge in [-0.05, 0) is 44.6 Å². The molecule has 8 heteroatoms. The number of ether oxygens (including phenoxy) is 2. The van der Waals surface area contributed by atoms with Gasteiger partial charge >= 0.3 is 0 Å². The lowest BCUT2D eigenvalue weighted by molar-refractivity contribution is -0.0376. The van der Waals surface area contributed by atoms with Gasteiger partial charge in [0.05, 0.1) is 23.4 Å². The second kappa shape index (κ2) is 10.7. The Bertz CT molecular complexity index is 717. The van der Waals surface area contributed by atoms with E-state index in [1.54, 1.807) is 19.2 Å². The summed E-state index contributed by atoms with van der Waals surface area (Å²) >= 11 is 6.10. The average Bonchev–Trinajstić information content (AvgIpc) is 2.76. The third-order valence-electron chi connectivity index (χ3n) is 6.51. The number of likely N-dealkylation sites (tertiary alicyclic amines) is 2. The molecule has 0 radical (unpaired) electrons. The van der Waals surface area contributed by atoms with Crippen molar-refractivity contribution < 1.29 is 14.3 Å². The highest BCUT2D eigenvalue weighted by Gasteiger charge is 2.27. The first-order valence-electron chi connectivity index (χ1n) is 10.8. The second-order valence-corrected chi connectivity index (χ2v) is 8.84. The van der Waals surface area contributed by atoms with E-state index in [-0.39, 0.29) is 18.2 Å². The molecule has 2 aliphatic heterocycles. The summed E-state index contributed by atoms with van der Waals surface area (Å²) in [7, 11) is 3.30. The van der Waals surface area contributed by atoms with Gasteiger partial charge in [-0.15, -0.1) is 0 Å². The van der Waals surface area contributed by atoms with Gasteiger partial charge in [0.15, 0.2) is 0 Å². The Morgan fingerprint density at radius 3 is 2.47 bits per heavy atom. The minimum absolute atomic E-state index is 0.160. The van der Waals surface area contributed by atoms with Crippen molar-refractivity contribution in [2.75, 3.05) is 52.7 Å². The molecule has 1 unspecified atom stereocenters. The zero-order valence-corrected chi connectivity index (χ0v) is 19.1. The van der Waals surface area contributed by atoms with E-state index in [0.717, 1.165) is 51.5 Å². The zero-order valence-electron chi connectivity index (χ0n) is 18.3. The molecule has 1 aromatic carbocycles. The predicted molar refractivity (Wildman–Crippen MR) is 120 cm³/mol. The number of piperidine rings is 2. The molecule has 30 heavy (non-hydrogen) atoms. The smallest absolute Gasteiger partial charge is 0.255 e. The third kappa shape index (κ3) is 5.78. The van der Waals surface area contributed by atoms with Crippen LogP contribution in [-0.2, 0) is 4.74 Å². The molecular formula is C22H35ClN4O3. The Labute approximate surface area is 184 Å². The molecule has 2 heterocycles. The molecule has 0 aliphatic carbocycles. The van der Waals surface area contributed by atoms with Gasteiger partial charge in [-0.1, -0.05) is 11.6 Å². The number of halogens is 1. The van der Waals surface area contributed by atoms with Crippen LogP contribution in [0, 0.1) is 5.92 Å². The number of hydrogen-bond acceptors (Lipinski definition) is 6. The molecular weight excluding hydrogens is 404 g/mol. The Hall–Kier alpha value is -1.54. The maximum atomic E-state index is 12.7. The maximum absolute atomic E-state index is 12.7. The molecule has 2 saturated heterocycles. The van der Waals surface area contributed by atoms with Crippen molar-refractivity contribution in [3.05, 3.63) is 22.7 Å². The van der Waals surface area contributed by atoms with Crippen molar-refractivity contribution in [3.63, 3.8) is 0 Å². The number of rotatable bonds is 7. The zero-order chi connectivity index (χ0) is 21.7. The highest BCUT2D eigenvalue weighted by Crippen LogP contribution is 2.29. The Morgan fingerprint density at radius 1 is 1.20 bits per heavy atom. The Balaban J connectivity index is 1.44. The summed E-state index contributed by atoms with van der Waals surface area (Å²) in [5.74, 6) is 1.03. The lowest BCUT2D eigenvalue weighted by atomic mass is 9.94. The van der Waals surface area contributed by atoms with E-state index in [0.29, 0.717) is 22.0 Å². The molecule has 0 saturated carbocycles. The molecule has 1 amide bonds. The summed E-state index contributed by atoms with van der Waals surface area (Å²) in [6.45, 7) is 7.51. The number of amides is 1. The van der Waals surface area contributed by atoms with E-state index < -0.39 is 0 Å². The Morgan fingerprint density at radius 2 is 1.87 bits per heavy atom. The van der Waals surface area contributed by atoms with Crippen molar-refractivity contribution in [3.8, 4) is 5.75 Å². The third-order valence-corrected chi connectivity index (χ3v) is 6.83. The minimum atomic E-state index is -0.160. The van der Waals surface area contributed by atoms with Gasteiger partial charge in [0.2, 0.25) is 0 Å². The summed E-state index contributed by atoms with van der Waals surface area (Å²) < 4.78 is 10.7. The standard InChI is InChI=1S/C22H35ClN4O3/c1-15(29-2)27-10-4-16(5-11-27)14-26-8-6-17(7-9-26)25-22(28)18-12-19(23)20(24)13-21(18)30-3/h12-13,15-17H,4-11,14,24H2,1-3H3,(H,25,28). The van der Waals surface area contributed by atoms with E-state index >= 15 is 0 Å². The average molecular weight is 439 g/mol. The summed E-state index contributed by atoms with van der Waals surface area (Å²) in [4.78, 5) is 17.7. The van der Waals surface area contributed by atoms with Crippen LogP contribution < -0.4 is 15.8 Å². The van der Waals surface area contributed by atoms with Crippen LogP contribution in [0.1, 0.15) is 43.0 Å². The lowest BCUT2D eigenvalue weighted by Crippen LogP contribution is -2.47. The van der Waals surface area contributed by atoms with Gasteiger partial charge in [0.1, 0.15) is 12.0 Å². The molecule has 2 aliphatic rings. The van der Waals surface area contributed by atoms with Gasteiger partial charge in [-0.25, -0.2) is 0 Å². The molecule has 2 fully saturated rings. The van der Waals surface area contributed by atoms with Crippen LogP contribution in [-0.4, -0.2) is 74.9 Å². The van der Waals surface area contributed by atoms with Gasteiger partial charge in [-0.2, -0.15) is 0 Å². The summed E-state index contributed by atoms with van der Waals surface area (Å²) in [5, 5.41) is 3.50. The molecule has 3 N–H and O–H groups in total. The van der Waals surface area contributed by atoms with Crippen LogP contribution in [0.2, 0.25) is 5.02 Å². The van der Waals surface area contributed by atoms with Crippen LogP contribution in [0.15, 0.2) is 12.1 Å². The number of methoxy groups -OCH3 is 2. The minimum Gasteiger partial charge on any atom is -0.496 e. The van der Waals surface area contributed by atoms with E-state index in [1.165, 1.54) is 20.0 Å². The number of nitrogens with zero attached hydrogens (tertiary/aromatic N) is 2. The molecule has 0 spiro atoms. The van der Waals surface area contributed by atoms with Crippen molar-refractivity contribution in [2.24, 2.45) is 5.92 Å². The fourth-order valence-corrected chi connectivity index (χ4v) is 4.62. The van der Waals surface area contributed by atoms with Gasteiger partial charge in [0.25, 0.3) is 5.91 Å². The summed E-state index contributed by atoms with van der Waals surface area (Å²) in [6, 6.07) is 3.34. The van der Waals surface area contributed by atoms with Gasteiger partial charge in [-0.3, -0.25) is 9.69 Å². The monoisotopic (exact) mass is 438 g/mol. The molecule has 0 bridgehead atoms. The normalized spacial score (nSPS) is 20.8. The molecule has 168 valence electrons. The number of nitrogens with one attached hydrogen (secondary N) is 1. The molecule has 7 nitrogen and oxygen atoms in total. The number of hydrogen-bond donors (Lipinski definition) is 2. The van der Waals surface area contributed by atoms with Crippen molar-refractivity contribution in [1.82, 2.24) is 15.1 Å². The van der Waals surface area contributed by atoms with Crippen LogP contribution in [0.25, 0.3) is 0 Å². The first-order chi connectivity index (χ1) is 14.4. The molecule has 1 atom stereocenters. The van der Waals surface area contributed by atoms with Gasteiger partial charge in [0, 0.05) is 51.9 Å². The van der Waals surface area contributed by atoms with E-state index in [9.17, 15) is 4.79 Å². The number of benzene rings is 1. The highest BCUT2D eigenvalue weighted by molar-refractivity contribution is 6.33. The fourth-order valence-electron chi connectivity index (χ4n) is 4.45. The van der Waals surface area contributed by atoms with E-state index in [4.69, 9.17) is 26.8 Å². The summed E-state index contributed by atoms with van der Waals surface area (Å²) in [5.41, 5.74) is 6.64. The number of anilines is 1. The fraction of sp³-hybridized carbons (Fsp3) is 0.682. The van der Waals surface area contributed by atoms with E-state index in [2.05, 4.69) is 22.0 Å². The van der Waals surface area contributed by atoms with E-state index in [1.807, 2.05) is 0 Å². The van der Waals surface area contributed by atoms with Crippen molar-refractivity contribution in [1.29, 1.82) is 0 Å². The molecule has 3 rings (SSSR count). The first-order valence-corrected chi connectivity index (χ1v) is 11.2. The largest absolute Gasteiger partial charge is 0.496 e. The van der Waals surface area contributed by atoms with Crippen LogP contribution in [0.3, 0.4) is 0 Å². The van der Waals surface area contributed by atoms with Crippen LogP contribution in [0.5, 0.6) is 5.75 Å². The number of carbonyl (C=O) groups is 1. The van der Waals surface area contributed by atoms with Crippen LogP contribution in [0.4, 0.5) is 5.69 Å². The summed E-state index contributed by atoms with van der Waals surface area (Å²) in [6.07, 6.45) is 4.57.